The van der Waals surface area contributed by atoms with E-state index < -0.39 is 11.7 Å². The number of nitrogens with one attached hydrogen (secondary N) is 3. The Balaban J connectivity index is 1.50. The van der Waals surface area contributed by atoms with Crippen LogP contribution in [0.5, 0.6) is 0 Å². The maximum atomic E-state index is 13.0. The summed E-state index contributed by atoms with van der Waals surface area (Å²) >= 11 is 0. The van der Waals surface area contributed by atoms with Gasteiger partial charge in [-0.1, -0.05) is 36.4 Å². The Kier molecular flexibility index (Phi) is 7.74. The molecule has 184 valence electrons. The summed E-state index contributed by atoms with van der Waals surface area (Å²) in [5.74, 6) is 1.28. The van der Waals surface area contributed by atoms with Crippen LogP contribution in [0.2, 0.25) is 0 Å². The molecule has 0 fully saturated rings. The first-order valence-electron chi connectivity index (χ1n) is 11.2. The quantitative estimate of drug-likeness (QED) is 0.193. The molecule has 10 heteroatoms. The molecule has 0 unspecified atom stereocenters. The lowest BCUT2D eigenvalue weighted by atomic mass is 10.1. The van der Waals surface area contributed by atoms with E-state index >= 15 is 0 Å². The van der Waals surface area contributed by atoms with E-state index in [1.165, 1.54) is 6.07 Å². The third-order valence-corrected chi connectivity index (χ3v) is 5.17. The van der Waals surface area contributed by atoms with Crippen molar-refractivity contribution in [1.82, 2.24) is 15.0 Å². The van der Waals surface area contributed by atoms with E-state index in [1.807, 2.05) is 49.4 Å². The highest BCUT2D eigenvalue weighted by Crippen LogP contribution is 2.29. The van der Waals surface area contributed by atoms with E-state index in [-0.39, 0.29) is 0 Å². The third-order valence-electron chi connectivity index (χ3n) is 5.17. The van der Waals surface area contributed by atoms with Gasteiger partial charge in [-0.25, -0.2) is 0 Å². The highest BCUT2D eigenvalue weighted by atomic mass is 19.4. The maximum Gasteiger partial charge on any atom is 0.416 e. The largest absolute Gasteiger partial charge is 0.416 e. The monoisotopic (exact) mass is 491 g/mol. The summed E-state index contributed by atoms with van der Waals surface area (Å²) in [6, 6.07) is 20.1. The molecule has 2 aromatic heterocycles. The Morgan fingerprint density at radius 2 is 1.64 bits per heavy atom. The topological polar surface area (TPSA) is 87.1 Å². The fraction of sp³-hybridized carbons (Fsp3) is 0.154. The highest BCUT2D eigenvalue weighted by Gasteiger charge is 2.30. The number of para-hydroxylation sites is 1. The molecule has 0 spiro atoms. The summed E-state index contributed by atoms with van der Waals surface area (Å²) in [4.78, 5) is 13.0. The molecule has 2 aromatic carbocycles. The van der Waals surface area contributed by atoms with Gasteiger partial charge < -0.3 is 10.6 Å². The molecular weight excluding hydrogens is 467 g/mol. The van der Waals surface area contributed by atoms with Crippen LogP contribution in [0.25, 0.3) is 0 Å². The van der Waals surface area contributed by atoms with E-state index in [2.05, 4.69) is 36.1 Å². The molecule has 2 heterocycles. The number of hydrogen-bond acceptors (Lipinski definition) is 7. The van der Waals surface area contributed by atoms with Crippen LogP contribution in [-0.2, 0) is 12.6 Å². The second-order valence-electron chi connectivity index (χ2n) is 7.87. The number of anilines is 4. The Hall–Kier alpha value is -4.47. The van der Waals surface area contributed by atoms with Crippen molar-refractivity contribution in [2.24, 2.45) is 5.10 Å². The summed E-state index contributed by atoms with van der Waals surface area (Å²) in [5, 5.41) is 10.7. The number of rotatable bonds is 9. The Bertz CT molecular complexity index is 1310. The molecule has 3 N–H and O–H groups in total. The van der Waals surface area contributed by atoms with Crippen molar-refractivity contribution < 1.29 is 13.2 Å². The molecule has 7 nitrogen and oxygen atoms in total. The molecule has 4 aromatic rings. The summed E-state index contributed by atoms with van der Waals surface area (Å²) in [6.45, 7) is 2.24. The van der Waals surface area contributed by atoms with Crippen molar-refractivity contribution in [2.75, 3.05) is 22.6 Å². The highest BCUT2D eigenvalue weighted by molar-refractivity contribution is 5.98. The van der Waals surface area contributed by atoms with Crippen LogP contribution in [-0.4, -0.2) is 27.2 Å². The SMILES string of the molecule is CC(=NNc1cc(NCCc2cccc(C(F)(F)F)c2)nc(Nc2ccccc2)n1)c1ccncc1. The van der Waals surface area contributed by atoms with Crippen LogP contribution in [0.3, 0.4) is 0 Å². The van der Waals surface area contributed by atoms with Crippen molar-refractivity contribution in [3.63, 3.8) is 0 Å². The molecule has 0 aliphatic heterocycles. The second kappa shape index (κ2) is 11.3. The minimum Gasteiger partial charge on any atom is -0.370 e. The molecule has 0 saturated carbocycles. The molecule has 4 rings (SSSR count). The number of pyridine rings is 1. The molecule has 0 atom stereocenters. The van der Waals surface area contributed by atoms with Gasteiger partial charge in [0.25, 0.3) is 0 Å². The fourth-order valence-electron chi connectivity index (χ4n) is 3.34. The van der Waals surface area contributed by atoms with E-state index in [0.29, 0.717) is 36.1 Å². The molecule has 0 radical (unpaired) electrons. The van der Waals surface area contributed by atoms with Gasteiger partial charge in [0.1, 0.15) is 5.82 Å². The number of hydrogen-bond donors (Lipinski definition) is 3. The average Bonchev–Trinajstić information content (AvgIpc) is 2.88. The van der Waals surface area contributed by atoms with Gasteiger partial charge in [0.15, 0.2) is 5.82 Å². The second-order valence-corrected chi connectivity index (χ2v) is 7.87. The van der Waals surface area contributed by atoms with E-state index in [4.69, 9.17) is 0 Å². The van der Waals surface area contributed by atoms with Crippen LogP contribution in [0.4, 0.5) is 36.4 Å². The van der Waals surface area contributed by atoms with Gasteiger partial charge in [0.2, 0.25) is 5.95 Å². The first-order chi connectivity index (χ1) is 17.4. The minimum absolute atomic E-state index is 0.338. The van der Waals surface area contributed by atoms with Crippen LogP contribution < -0.4 is 16.1 Å². The Labute approximate surface area is 206 Å². The normalized spacial score (nSPS) is 11.7. The maximum absolute atomic E-state index is 13.0. The number of halogens is 3. The summed E-state index contributed by atoms with van der Waals surface area (Å²) in [7, 11) is 0. The Morgan fingerprint density at radius 1 is 0.889 bits per heavy atom. The predicted molar refractivity (Wildman–Crippen MR) is 135 cm³/mol. The predicted octanol–water partition coefficient (Wildman–Crippen LogP) is 6.12. The third kappa shape index (κ3) is 7.02. The minimum atomic E-state index is -4.37. The zero-order valence-corrected chi connectivity index (χ0v) is 19.4. The van der Waals surface area contributed by atoms with Gasteiger partial charge in [-0.05, 0) is 49.2 Å². The standard InChI is InChI=1S/C26H24F3N7/c1-18(20-11-13-30-14-12-20)35-36-24-17-23(33-25(34-24)32-22-8-3-2-4-9-22)31-15-10-19-6-5-7-21(16-19)26(27,28)29/h2-9,11-14,16-17H,10,15H2,1H3,(H3,31,32,33,34,36). The van der Waals surface area contributed by atoms with Crippen LogP contribution in [0.15, 0.2) is 90.3 Å². The number of aromatic nitrogens is 3. The van der Waals surface area contributed by atoms with Gasteiger partial charge in [-0.15, -0.1) is 0 Å². The van der Waals surface area contributed by atoms with Crippen LogP contribution in [0, 0.1) is 0 Å². The smallest absolute Gasteiger partial charge is 0.370 e. The van der Waals surface area contributed by atoms with E-state index in [0.717, 1.165) is 29.1 Å². The van der Waals surface area contributed by atoms with Gasteiger partial charge in [-0.3, -0.25) is 10.4 Å². The number of hydrazone groups is 1. The molecule has 0 saturated heterocycles. The van der Waals surface area contributed by atoms with Crippen LogP contribution in [0.1, 0.15) is 23.6 Å². The number of benzene rings is 2. The van der Waals surface area contributed by atoms with Crippen molar-refractivity contribution in [3.05, 3.63) is 102 Å². The fourth-order valence-corrected chi connectivity index (χ4v) is 3.34. The molecule has 0 aliphatic rings. The van der Waals surface area contributed by atoms with Crippen molar-refractivity contribution in [1.29, 1.82) is 0 Å². The van der Waals surface area contributed by atoms with Gasteiger partial charge >= 0.3 is 6.18 Å². The molecule has 36 heavy (non-hydrogen) atoms. The summed E-state index contributed by atoms with van der Waals surface area (Å²) in [6.07, 6.45) is -0.609. The van der Waals surface area contributed by atoms with E-state index in [9.17, 15) is 13.2 Å². The van der Waals surface area contributed by atoms with Crippen molar-refractivity contribution in [3.8, 4) is 0 Å². The first kappa shape index (κ1) is 24.6. The number of alkyl halides is 3. The lowest BCUT2D eigenvalue weighted by Gasteiger charge is -2.12. The van der Waals surface area contributed by atoms with Gasteiger partial charge in [0, 0.05) is 36.3 Å². The zero-order valence-electron chi connectivity index (χ0n) is 19.4. The van der Waals surface area contributed by atoms with E-state index in [1.54, 1.807) is 24.5 Å². The molecule has 0 aliphatic carbocycles. The molecular formula is C26H24F3N7. The van der Waals surface area contributed by atoms with Crippen molar-refractivity contribution >= 4 is 29.0 Å². The molecule has 0 bridgehead atoms. The Morgan fingerprint density at radius 3 is 2.39 bits per heavy atom. The van der Waals surface area contributed by atoms with Crippen molar-refractivity contribution in [2.45, 2.75) is 19.5 Å². The first-order valence-corrected chi connectivity index (χ1v) is 11.2. The molecule has 0 amide bonds. The lowest BCUT2D eigenvalue weighted by Crippen LogP contribution is -2.10. The summed E-state index contributed by atoms with van der Waals surface area (Å²) < 4.78 is 39.0. The lowest BCUT2D eigenvalue weighted by molar-refractivity contribution is -0.137. The number of nitrogens with zero attached hydrogens (tertiary/aromatic N) is 4. The average molecular weight is 492 g/mol. The van der Waals surface area contributed by atoms with Crippen LogP contribution >= 0.6 is 0 Å². The van der Waals surface area contributed by atoms with Gasteiger partial charge in [-0.2, -0.15) is 28.2 Å². The van der Waals surface area contributed by atoms with Gasteiger partial charge in [0.05, 0.1) is 11.3 Å². The summed E-state index contributed by atoms with van der Waals surface area (Å²) in [5.41, 5.74) is 5.33. The zero-order chi connectivity index (χ0) is 25.4.